The lowest BCUT2D eigenvalue weighted by atomic mass is 9.88. The Kier molecular flexibility index (Phi) is 5.00. The van der Waals surface area contributed by atoms with Crippen molar-refractivity contribution in [3.63, 3.8) is 0 Å². The third kappa shape index (κ3) is 3.55. The van der Waals surface area contributed by atoms with Gasteiger partial charge in [0.25, 0.3) is 11.5 Å². The van der Waals surface area contributed by atoms with E-state index in [1.807, 2.05) is 0 Å². The summed E-state index contributed by atoms with van der Waals surface area (Å²) < 4.78 is 1.33. The molecule has 0 unspecified atom stereocenters. The molecule has 22 heavy (non-hydrogen) atoms. The van der Waals surface area contributed by atoms with Crippen LogP contribution in [0, 0.1) is 5.92 Å². The second kappa shape index (κ2) is 6.77. The molecule has 0 aromatic carbocycles. The van der Waals surface area contributed by atoms with Gasteiger partial charge in [-0.1, -0.05) is 19.3 Å². The van der Waals surface area contributed by atoms with Crippen LogP contribution in [-0.4, -0.2) is 35.4 Å². The lowest BCUT2D eigenvalue weighted by molar-refractivity contribution is -0.120. The van der Waals surface area contributed by atoms with Gasteiger partial charge in [-0.2, -0.15) is 0 Å². The van der Waals surface area contributed by atoms with Crippen LogP contribution in [-0.2, 0) is 11.8 Å². The number of carbonyl (C=O) groups excluding carboxylic acids is 2. The quantitative estimate of drug-likeness (QED) is 0.922. The summed E-state index contributed by atoms with van der Waals surface area (Å²) in [6.07, 6.45) is 6.48. The van der Waals surface area contributed by atoms with E-state index < -0.39 is 0 Å². The summed E-state index contributed by atoms with van der Waals surface area (Å²) in [4.78, 5) is 37.9. The molecule has 1 heterocycles. The van der Waals surface area contributed by atoms with E-state index in [0.717, 1.165) is 25.7 Å². The highest BCUT2D eigenvalue weighted by Gasteiger charge is 2.22. The van der Waals surface area contributed by atoms with E-state index in [0.29, 0.717) is 5.56 Å². The third-order valence-electron chi connectivity index (χ3n) is 4.07. The summed E-state index contributed by atoms with van der Waals surface area (Å²) in [5.41, 5.74) is 0.247. The smallest absolute Gasteiger partial charge is 0.274 e. The molecule has 1 saturated carbocycles. The Balaban J connectivity index is 2.24. The summed E-state index contributed by atoms with van der Waals surface area (Å²) in [6, 6.07) is 1.46. The van der Waals surface area contributed by atoms with Crippen molar-refractivity contribution in [3.05, 3.63) is 28.2 Å². The lowest BCUT2D eigenvalue weighted by Crippen LogP contribution is -2.31. The van der Waals surface area contributed by atoms with E-state index in [-0.39, 0.29) is 29.0 Å². The molecule has 1 N–H and O–H groups in total. The molecule has 1 aromatic rings. The molecule has 2 rings (SSSR count). The zero-order valence-electron chi connectivity index (χ0n) is 13.4. The Morgan fingerprint density at radius 2 is 1.86 bits per heavy atom. The molecule has 6 heteroatoms. The zero-order chi connectivity index (χ0) is 16.3. The van der Waals surface area contributed by atoms with Gasteiger partial charge in [-0.3, -0.25) is 14.4 Å². The monoisotopic (exact) mass is 305 g/mol. The molecule has 1 aliphatic rings. The van der Waals surface area contributed by atoms with Crippen LogP contribution in [0.1, 0.15) is 42.5 Å². The Morgan fingerprint density at radius 1 is 1.23 bits per heavy atom. The molecule has 0 atom stereocenters. The van der Waals surface area contributed by atoms with Crippen molar-refractivity contribution < 1.29 is 9.59 Å². The fourth-order valence-electron chi connectivity index (χ4n) is 2.78. The second-order valence-corrected chi connectivity index (χ2v) is 6.08. The van der Waals surface area contributed by atoms with Gasteiger partial charge in [0.05, 0.1) is 5.56 Å². The largest absolute Gasteiger partial charge is 0.345 e. The zero-order valence-corrected chi connectivity index (χ0v) is 13.4. The van der Waals surface area contributed by atoms with E-state index in [1.165, 1.54) is 28.2 Å². The minimum Gasteiger partial charge on any atom is -0.345 e. The van der Waals surface area contributed by atoms with Crippen LogP contribution in [0.5, 0.6) is 0 Å². The molecule has 2 amide bonds. The summed E-state index contributed by atoms with van der Waals surface area (Å²) in [6.45, 7) is 0. The average Bonchev–Trinajstić information content (AvgIpc) is 2.51. The van der Waals surface area contributed by atoms with E-state index in [2.05, 4.69) is 5.32 Å². The van der Waals surface area contributed by atoms with Crippen molar-refractivity contribution in [2.24, 2.45) is 13.0 Å². The maximum Gasteiger partial charge on any atom is 0.274 e. The van der Waals surface area contributed by atoms with Crippen molar-refractivity contribution >= 4 is 17.5 Å². The van der Waals surface area contributed by atoms with Crippen molar-refractivity contribution in [2.45, 2.75) is 32.1 Å². The SMILES string of the molecule is CN(C)C(=O)c1cc(NC(=O)C2CCCCC2)c(=O)n(C)c1. The Morgan fingerprint density at radius 3 is 2.45 bits per heavy atom. The van der Waals surface area contributed by atoms with Gasteiger partial charge < -0.3 is 14.8 Å². The first-order valence-electron chi connectivity index (χ1n) is 7.63. The summed E-state index contributed by atoms with van der Waals surface area (Å²) in [7, 11) is 4.87. The first-order chi connectivity index (χ1) is 10.4. The number of amides is 2. The van der Waals surface area contributed by atoms with Gasteiger partial charge in [-0.05, 0) is 18.9 Å². The third-order valence-corrected chi connectivity index (χ3v) is 4.07. The van der Waals surface area contributed by atoms with Crippen LogP contribution >= 0.6 is 0 Å². The van der Waals surface area contributed by atoms with E-state index in [1.54, 1.807) is 21.1 Å². The number of pyridine rings is 1. The van der Waals surface area contributed by atoms with Crippen LogP contribution in [0.2, 0.25) is 0 Å². The normalized spacial score (nSPS) is 15.4. The minimum atomic E-state index is -0.306. The van der Waals surface area contributed by atoms with E-state index in [4.69, 9.17) is 0 Å². The standard InChI is InChI=1S/C16H23N3O3/c1-18(2)15(21)12-9-13(16(22)19(3)10-12)17-14(20)11-7-5-4-6-8-11/h9-11H,4-8H2,1-3H3,(H,17,20). The number of nitrogens with zero attached hydrogens (tertiary/aromatic N) is 2. The predicted octanol–water partition coefficient (Wildman–Crippen LogP) is 1.61. The highest BCUT2D eigenvalue weighted by atomic mass is 16.2. The summed E-state index contributed by atoms with van der Waals surface area (Å²) >= 11 is 0. The van der Waals surface area contributed by atoms with Gasteiger partial charge in [0.15, 0.2) is 0 Å². The average molecular weight is 305 g/mol. The molecule has 0 radical (unpaired) electrons. The van der Waals surface area contributed by atoms with Gasteiger partial charge in [0.2, 0.25) is 5.91 Å². The highest BCUT2D eigenvalue weighted by molar-refractivity contribution is 5.97. The number of aromatic nitrogens is 1. The molecule has 1 aromatic heterocycles. The highest BCUT2D eigenvalue weighted by Crippen LogP contribution is 2.24. The second-order valence-electron chi connectivity index (χ2n) is 6.08. The number of carbonyl (C=O) groups is 2. The van der Waals surface area contributed by atoms with Crippen molar-refractivity contribution in [3.8, 4) is 0 Å². The van der Waals surface area contributed by atoms with Crippen LogP contribution in [0.4, 0.5) is 5.69 Å². The first-order valence-corrected chi connectivity index (χ1v) is 7.63. The van der Waals surface area contributed by atoms with Gasteiger partial charge in [-0.25, -0.2) is 0 Å². The fourth-order valence-corrected chi connectivity index (χ4v) is 2.78. The van der Waals surface area contributed by atoms with Crippen molar-refractivity contribution in [1.82, 2.24) is 9.47 Å². The van der Waals surface area contributed by atoms with Crippen LogP contribution in [0.25, 0.3) is 0 Å². The molecular weight excluding hydrogens is 282 g/mol. The Labute approximate surface area is 130 Å². The number of rotatable bonds is 3. The van der Waals surface area contributed by atoms with Gasteiger partial charge in [-0.15, -0.1) is 0 Å². The Hall–Kier alpha value is -2.11. The summed E-state index contributed by atoms with van der Waals surface area (Å²) in [5, 5.41) is 2.71. The summed E-state index contributed by atoms with van der Waals surface area (Å²) in [5.74, 6) is -0.360. The van der Waals surface area contributed by atoms with Gasteiger partial charge in [0.1, 0.15) is 5.69 Å². The van der Waals surface area contributed by atoms with Crippen molar-refractivity contribution in [2.75, 3.05) is 19.4 Å². The molecule has 120 valence electrons. The number of anilines is 1. The maximum atomic E-state index is 12.3. The Bertz CT molecular complexity index is 628. The fraction of sp³-hybridized carbons (Fsp3) is 0.562. The molecule has 0 saturated heterocycles. The molecule has 1 aliphatic carbocycles. The van der Waals surface area contributed by atoms with Gasteiger partial charge >= 0.3 is 0 Å². The number of nitrogens with one attached hydrogen (secondary N) is 1. The molecule has 1 fully saturated rings. The topological polar surface area (TPSA) is 71.4 Å². The molecule has 0 aliphatic heterocycles. The van der Waals surface area contributed by atoms with Crippen molar-refractivity contribution in [1.29, 1.82) is 0 Å². The maximum absolute atomic E-state index is 12.3. The first kappa shape index (κ1) is 16.3. The minimum absolute atomic E-state index is 0.0355. The number of aryl methyl sites for hydroxylation is 1. The van der Waals surface area contributed by atoms with E-state index >= 15 is 0 Å². The van der Waals surface area contributed by atoms with Gasteiger partial charge in [0, 0.05) is 33.3 Å². The lowest BCUT2D eigenvalue weighted by Gasteiger charge is -2.21. The van der Waals surface area contributed by atoms with Crippen LogP contribution in [0.3, 0.4) is 0 Å². The number of hydrogen-bond donors (Lipinski definition) is 1. The van der Waals surface area contributed by atoms with Crippen LogP contribution in [0.15, 0.2) is 17.1 Å². The predicted molar refractivity (Wildman–Crippen MR) is 84.9 cm³/mol. The molecule has 6 nitrogen and oxygen atoms in total. The molecule has 0 spiro atoms. The van der Waals surface area contributed by atoms with Crippen LogP contribution < -0.4 is 10.9 Å². The van der Waals surface area contributed by atoms with E-state index in [9.17, 15) is 14.4 Å². The molecular formula is C16H23N3O3. The molecule has 0 bridgehead atoms. The number of hydrogen-bond acceptors (Lipinski definition) is 3.